The summed E-state index contributed by atoms with van der Waals surface area (Å²) in [7, 11) is -2.90. The average Bonchev–Trinajstić information content (AvgIpc) is 3.93. The maximum atomic E-state index is 6.38. The van der Waals surface area contributed by atoms with E-state index in [9.17, 15) is 0 Å². The molecule has 1 aliphatic heterocycles. The molecule has 0 unspecified atom stereocenters. The second-order valence-electron chi connectivity index (χ2n) is 14.8. The molecule has 0 spiro atoms. The van der Waals surface area contributed by atoms with Crippen molar-refractivity contribution in [2.24, 2.45) is 0 Å². The summed E-state index contributed by atoms with van der Waals surface area (Å²) >= 11 is 0. The van der Waals surface area contributed by atoms with Crippen LogP contribution in [0, 0.1) is 0 Å². The molecule has 0 atom stereocenters. The van der Waals surface area contributed by atoms with Crippen LogP contribution in [0.1, 0.15) is 0 Å². The van der Waals surface area contributed by atoms with Crippen molar-refractivity contribution in [2.45, 2.75) is 0 Å². The highest BCUT2D eigenvalue weighted by Crippen LogP contribution is 2.42. The Morgan fingerprint density at radius 3 is 1.89 bits per heavy atom. The smallest absolute Gasteiger partial charge is 0.203 e. The molecule has 11 aromatic rings. The van der Waals surface area contributed by atoms with Gasteiger partial charge in [-0.2, -0.15) is 0 Å². The van der Waals surface area contributed by atoms with Gasteiger partial charge in [-0.15, -0.1) is 0 Å². The molecule has 266 valence electrons. The van der Waals surface area contributed by atoms with Gasteiger partial charge in [-0.1, -0.05) is 164 Å². The molecule has 4 nitrogen and oxygen atoms in total. The van der Waals surface area contributed by atoms with E-state index in [1.165, 1.54) is 31.9 Å². The molecule has 1 aliphatic rings. The van der Waals surface area contributed by atoms with Gasteiger partial charge in [-0.05, 0) is 57.5 Å². The molecule has 12 rings (SSSR count). The van der Waals surface area contributed by atoms with Gasteiger partial charge in [0, 0.05) is 43.9 Å². The van der Waals surface area contributed by atoms with Crippen LogP contribution < -0.4 is 20.9 Å². The molecule has 0 fully saturated rings. The second-order valence-corrected chi connectivity index (χ2v) is 18.5. The third kappa shape index (κ3) is 4.55. The van der Waals surface area contributed by atoms with Gasteiger partial charge >= 0.3 is 0 Å². The standard InChI is InChI=1S/C52H33N3OSi/c1-4-17-34(18-5-1)51-53-50(49-41-27-12-15-30-46(41)57(52(49)54-51,37-21-6-2-7-22-37)38-23-8-3-9-24-38)35-19-16-20-36(33-35)55-42-28-13-10-25-39(42)47-43(55)31-32-45-48(47)40-26-11-14-29-44(40)56-45/h1-33H. The number of rotatable bonds is 5. The number of aromatic nitrogens is 3. The molecule has 0 saturated heterocycles. The van der Waals surface area contributed by atoms with E-state index in [-0.39, 0.29) is 0 Å². The van der Waals surface area contributed by atoms with Crippen molar-refractivity contribution in [3.05, 3.63) is 200 Å². The zero-order chi connectivity index (χ0) is 37.5. The average molecular weight is 744 g/mol. The third-order valence-corrected chi connectivity index (χ3v) is 16.6. The van der Waals surface area contributed by atoms with Gasteiger partial charge in [0.1, 0.15) is 11.2 Å². The molecule has 0 amide bonds. The van der Waals surface area contributed by atoms with Crippen molar-refractivity contribution in [1.29, 1.82) is 0 Å². The van der Waals surface area contributed by atoms with Gasteiger partial charge in [0.05, 0.1) is 22.0 Å². The molecule has 3 aromatic heterocycles. The van der Waals surface area contributed by atoms with Crippen LogP contribution in [0.15, 0.2) is 205 Å². The molecule has 0 bridgehead atoms. The van der Waals surface area contributed by atoms with Crippen LogP contribution in [-0.4, -0.2) is 22.6 Å². The van der Waals surface area contributed by atoms with Crippen molar-refractivity contribution in [3.63, 3.8) is 0 Å². The summed E-state index contributed by atoms with van der Waals surface area (Å²) in [6.07, 6.45) is 0. The van der Waals surface area contributed by atoms with Crippen molar-refractivity contribution in [3.8, 4) is 39.5 Å². The Balaban J connectivity index is 1.17. The van der Waals surface area contributed by atoms with Gasteiger partial charge in [0.15, 0.2) is 5.82 Å². The summed E-state index contributed by atoms with van der Waals surface area (Å²) in [5.74, 6) is 0.734. The molecule has 4 heterocycles. The molecule has 57 heavy (non-hydrogen) atoms. The van der Waals surface area contributed by atoms with Gasteiger partial charge in [-0.25, -0.2) is 9.97 Å². The summed E-state index contributed by atoms with van der Waals surface area (Å²) in [6.45, 7) is 0. The van der Waals surface area contributed by atoms with E-state index < -0.39 is 8.07 Å². The quantitative estimate of drug-likeness (QED) is 0.165. The van der Waals surface area contributed by atoms with Gasteiger partial charge in [0.25, 0.3) is 0 Å². The Morgan fingerprint density at radius 2 is 1.11 bits per heavy atom. The molecule has 0 aliphatic carbocycles. The normalized spacial score (nSPS) is 13.1. The SMILES string of the molecule is c1ccc(-c2nc(-c3cccc(-n4c5ccccc5c5c6c(ccc54)oc4ccccc46)c3)c3c(n2)[Si](c2ccccc2)(c2ccccc2)c2ccccc2-3)cc1. The van der Waals surface area contributed by atoms with Crippen molar-refractivity contribution in [2.75, 3.05) is 0 Å². The van der Waals surface area contributed by atoms with Gasteiger partial charge in [-0.3, -0.25) is 0 Å². The summed E-state index contributed by atoms with van der Waals surface area (Å²) in [6, 6.07) is 71.8. The zero-order valence-electron chi connectivity index (χ0n) is 30.8. The van der Waals surface area contributed by atoms with E-state index >= 15 is 0 Å². The first-order valence-corrected chi connectivity index (χ1v) is 21.4. The van der Waals surface area contributed by atoms with Crippen LogP contribution in [0.25, 0.3) is 83.2 Å². The second kappa shape index (κ2) is 12.3. The molecule has 8 aromatic carbocycles. The molecule has 5 heteroatoms. The lowest BCUT2D eigenvalue weighted by atomic mass is 10.00. The third-order valence-electron chi connectivity index (χ3n) is 11.9. The van der Waals surface area contributed by atoms with E-state index in [1.807, 2.05) is 6.07 Å². The van der Waals surface area contributed by atoms with Crippen LogP contribution in [0.2, 0.25) is 0 Å². The van der Waals surface area contributed by atoms with E-state index in [0.717, 1.165) is 72.2 Å². The fourth-order valence-corrected chi connectivity index (χ4v) is 14.5. The summed E-state index contributed by atoms with van der Waals surface area (Å²) in [5.41, 5.74) is 10.5. The fourth-order valence-electron chi connectivity index (χ4n) is 9.54. The van der Waals surface area contributed by atoms with E-state index in [4.69, 9.17) is 14.4 Å². The van der Waals surface area contributed by atoms with Crippen LogP contribution in [0.3, 0.4) is 0 Å². The van der Waals surface area contributed by atoms with E-state index in [0.29, 0.717) is 0 Å². The molecule has 0 radical (unpaired) electrons. The minimum absolute atomic E-state index is 0.734. The summed E-state index contributed by atoms with van der Waals surface area (Å²) in [5, 5.41) is 9.75. The number of furan rings is 1. The highest BCUT2D eigenvalue weighted by Gasteiger charge is 2.51. The maximum Gasteiger partial charge on any atom is 0.203 e. The number of hydrogen-bond donors (Lipinski definition) is 0. The molecule has 0 N–H and O–H groups in total. The largest absolute Gasteiger partial charge is 0.456 e. The lowest BCUT2D eigenvalue weighted by Crippen LogP contribution is -2.73. The number of para-hydroxylation sites is 2. The monoisotopic (exact) mass is 743 g/mol. The molecular weight excluding hydrogens is 711 g/mol. The van der Waals surface area contributed by atoms with Crippen molar-refractivity contribution >= 4 is 72.7 Å². The Bertz CT molecular complexity index is 3310. The first-order chi connectivity index (χ1) is 28.3. The zero-order valence-corrected chi connectivity index (χ0v) is 31.8. The highest BCUT2D eigenvalue weighted by molar-refractivity contribution is 7.21. The summed E-state index contributed by atoms with van der Waals surface area (Å²) < 4.78 is 8.78. The summed E-state index contributed by atoms with van der Waals surface area (Å²) in [4.78, 5) is 11.2. The highest BCUT2D eigenvalue weighted by atomic mass is 28.3. The van der Waals surface area contributed by atoms with Crippen LogP contribution in [0.4, 0.5) is 0 Å². The van der Waals surface area contributed by atoms with E-state index in [1.54, 1.807) is 0 Å². The Labute approximate surface area is 330 Å². The van der Waals surface area contributed by atoms with Gasteiger partial charge < -0.3 is 8.98 Å². The first kappa shape index (κ1) is 32.0. The fraction of sp³-hybridized carbons (Fsp3) is 0. The minimum atomic E-state index is -2.90. The Hall–Kier alpha value is -7.34. The van der Waals surface area contributed by atoms with E-state index in [2.05, 4.69) is 199 Å². The number of fused-ring (bicyclic) bond motifs is 10. The lowest BCUT2D eigenvalue weighted by molar-refractivity contribution is 0.669. The Kier molecular flexibility index (Phi) is 6.91. The number of nitrogens with zero attached hydrogens (tertiary/aromatic N) is 3. The lowest BCUT2D eigenvalue weighted by Gasteiger charge is -2.30. The topological polar surface area (TPSA) is 43.9 Å². The minimum Gasteiger partial charge on any atom is -0.456 e. The van der Waals surface area contributed by atoms with Crippen LogP contribution >= 0.6 is 0 Å². The van der Waals surface area contributed by atoms with Crippen molar-refractivity contribution < 1.29 is 4.42 Å². The predicted octanol–water partition coefficient (Wildman–Crippen LogP) is 10.2. The van der Waals surface area contributed by atoms with Gasteiger partial charge in [0.2, 0.25) is 8.07 Å². The predicted molar refractivity (Wildman–Crippen MR) is 237 cm³/mol. The maximum absolute atomic E-state index is 6.38. The number of hydrogen-bond acceptors (Lipinski definition) is 3. The molecular formula is C52H33N3OSi. The first-order valence-electron chi connectivity index (χ1n) is 19.4. The van der Waals surface area contributed by atoms with Crippen molar-refractivity contribution in [1.82, 2.24) is 14.5 Å². The Morgan fingerprint density at radius 1 is 0.456 bits per heavy atom. The molecule has 0 saturated carbocycles. The number of benzene rings is 8. The van der Waals surface area contributed by atoms with Crippen LogP contribution in [0.5, 0.6) is 0 Å². The van der Waals surface area contributed by atoms with Crippen LogP contribution in [-0.2, 0) is 0 Å².